The van der Waals surface area contributed by atoms with Crippen LogP contribution in [0.4, 0.5) is 0 Å². The van der Waals surface area contributed by atoms with Crippen molar-refractivity contribution in [3.63, 3.8) is 0 Å². The lowest BCUT2D eigenvalue weighted by Gasteiger charge is -2.22. The fourth-order valence-electron chi connectivity index (χ4n) is 3.53. The highest BCUT2D eigenvalue weighted by atomic mass is 79.9. The quantitative estimate of drug-likeness (QED) is 0.634. The zero-order chi connectivity index (χ0) is 14.7. The van der Waals surface area contributed by atoms with Gasteiger partial charge in [-0.25, -0.2) is 0 Å². The highest BCUT2D eigenvalue weighted by Crippen LogP contribution is 2.39. The van der Waals surface area contributed by atoms with E-state index in [1.54, 1.807) is 0 Å². The summed E-state index contributed by atoms with van der Waals surface area (Å²) in [6.45, 7) is 3.37. The third-order valence-electron chi connectivity index (χ3n) is 4.64. The fraction of sp³-hybridized carbons (Fsp3) is 0.556. The molecule has 1 aliphatic carbocycles. The van der Waals surface area contributed by atoms with Gasteiger partial charge in [0.2, 0.25) is 0 Å². The van der Waals surface area contributed by atoms with Crippen molar-refractivity contribution >= 4 is 37.4 Å². The first-order chi connectivity index (χ1) is 10.3. The maximum absolute atomic E-state index is 3.80. The molecule has 1 aromatic heterocycles. The van der Waals surface area contributed by atoms with Gasteiger partial charge in [-0.3, -0.25) is 0 Å². The standard InChI is InChI=1S/C18H24BrNS/c1-2-10-20-17(11-13-6-3-4-7-13)15-12-21-18-14(15)8-5-9-16(18)19/h5,8-9,12-13,17,20H,2-4,6-7,10-11H2,1H3. The summed E-state index contributed by atoms with van der Waals surface area (Å²) in [6.07, 6.45) is 8.22. The van der Waals surface area contributed by atoms with Crippen LogP contribution in [0.5, 0.6) is 0 Å². The summed E-state index contributed by atoms with van der Waals surface area (Å²) in [6, 6.07) is 7.11. The number of fused-ring (bicyclic) bond motifs is 1. The lowest BCUT2D eigenvalue weighted by Crippen LogP contribution is -2.23. The van der Waals surface area contributed by atoms with Crippen LogP contribution in [0.25, 0.3) is 10.1 Å². The van der Waals surface area contributed by atoms with Crippen molar-refractivity contribution in [3.05, 3.63) is 33.6 Å². The molecule has 0 amide bonds. The maximum Gasteiger partial charge on any atom is 0.0488 e. The third kappa shape index (κ3) is 3.52. The molecule has 1 saturated carbocycles. The highest BCUT2D eigenvalue weighted by Gasteiger charge is 2.23. The van der Waals surface area contributed by atoms with Crippen LogP contribution in [0.3, 0.4) is 0 Å². The van der Waals surface area contributed by atoms with Gasteiger partial charge in [0, 0.05) is 15.2 Å². The maximum atomic E-state index is 3.80. The summed E-state index contributed by atoms with van der Waals surface area (Å²) in [5, 5.41) is 7.61. The molecule has 0 bridgehead atoms. The smallest absolute Gasteiger partial charge is 0.0488 e. The van der Waals surface area contributed by atoms with Gasteiger partial charge in [0.05, 0.1) is 0 Å². The van der Waals surface area contributed by atoms with Crippen molar-refractivity contribution in [2.75, 3.05) is 6.54 Å². The second-order valence-corrected chi connectivity index (χ2v) is 7.93. The number of halogens is 1. The molecule has 1 atom stereocenters. The minimum absolute atomic E-state index is 0.524. The van der Waals surface area contributed by atoms with Crippen molar-refractivity contribution in [3.8, 4) is 0 Å². The Morgan fingerprint density at radius 3 is 2.90 bits per heavy atom. The average Bonchev–Trinajstić information content (AvgIpc) is 3.13. The molecule has 0 aliphatic heterocycles. The van der Waals surface area contributed by atoms with Gasteiger partial charge in [0.25, 0.3) is 0 Å². The molecule has 2 aromatic rings. The van der Waals surface area contributed by atoms with E-state index in [0.717, 1.165) is 12.5 Å². The van der Waals surface area contributed by atoms with Gasteiger partial charge in [0.1, 0.15) is 0 Å². The first kappa shape index (κ1) is 15.5. The second-order valence-electron chi connectivity index (χ2n) is 6.20. The number of benzene rings is 1. The first-order valence-corrected chi connectivity index (χ1v) is 9.86. The molecule has 1 aromatic carbocycles. The van der Waals surface area contributed by atoms with Crippen LogP contribution in [0.2, 0.25) is 0 Å². The summed E-state index contributed by atoms with van der Waals surface area (Å²) in [5.74, 6) is 0.918. The summed E-state index contributed by atoms with van der Waals surface area (Å²) in [7, 11) is 0. The van der Waals surface area contributed by atoms with Crippen molar-refractivity contribution in [2.45, 2.75) is 51.5 Å². The molecule has 21 heavy (non-hydrogen) atoms. The lowest BCUT2D eigenvalue weighted by atomic mass is 9.93. The monoisotopic (exact) mass is 365 g/mol. The van der Waals surface area contributed by atoms with Crippen LogP contribution in [0.15, 0.2) is 28.1 Å². The van der Waals surface area contributed by atoms with Crippen LogP contribution in [-0.2, 0) is 0 Å². The second kappa shape index (κ2) is 7.26. The predicted molar refractivity (Wildman–Crippen MR) is 97.1 cm³/mol. The largest absolute Gasteiger partial charge is 0.310 e. The van der Waals surface area contributed by atoms with E-state index in [1.165, 1.54) is 58.6 Å². The Balaban J connectivity index is 1.87. The van der Waals surface area contributed by atoms with E-state index in [-0.39, 0.29) is 0 Å². The molecule has 3 heteroatoms. The van der Waals surface area contributed by atoms with Crippen molar-refractivity contribution in [2.24, 2.45) is 5.92 Å². The van der Waals surface area contributed by atoms with Gasteiger partial charge in [-0.15, -0.1) is 11.3 Å². The van der Waals surface area contributed by atoms with Gasteiger partial charge in [-0.2, -0.15) is 0 Å². The van der Waals surface area contributed by atoms with E-state index in [0.29, 0.717) is 6.04 Å². The normalized spacial score (nSPS) is 17.6. The van der Waals surface area contributed by atoms with E-state index in [1.807, 2.05) is 11.3 Å². The van der Waals surface area contributed by atoms with Crippen LogP contribution in [-0.4, -0.2) is 6.54 Å². The van der Waals surface area contributed by atoms with Crippen LogP contribution >= 0.6 is 27.3 Å². The Morgan fingerprint density at radius 1 is 1.33 bits per heavy atom. The zero-order valence-corrected chi connectivity index (χ0v) is 15.1. The number of hydrogen-bond donors (Lipinski definition) is 1. The Labute approximate surface area is 140 Å². The Hall–Kier alpha value is -0.380. The molecular weight excluding hydrogens is 342 g/mol. The summed E-state index contributed by atoms with van der Waals surface area (Å²) >= 11 is 5.56. The van der Waals surface area contributed by atoms with Gasteiger partial charge >= 0.3 is 0 Å². The summed E-state index contributed by atoms with van der Waals surface area (Å²) < 4.78 is 2.62. The Morgan fingerprint density at radius 2 is 2.14 bits per heavy atom. The van der Waals surface area contributed by atoms with Crippen molar-refractivity contribution in [1.29, 1.82) is 0 Å². The highest BCUT2D eigenvalue weighted by molar-refractivity contribution is 9.10. The molecule has 114 valence electrons. The van der Waals surface area contributed by atoms with E-state index in [4.69, 9.17) is 0 Å². The molecule has 3 rings (SSSR count). The number of hydrogen-bond acceptors (Lipinski definition) is 2. The zero-order valence-electron chi connectivity index (χ0n) is 12.7. The SMILES string of the molecule is CCCNC(CC1CCCC1)c1csc2c(Br)cccc12. The minimum Gasteiger partial charge on any atom is -0.310 e. The molecule has 1 N–H and O–H groups in total. The Bertz CT molecular complexity index is 586. The fourth-order valence-corrected chi connectivity index (χ4v) is 5.21. The molecule has 1 heterocycles. The van der Waals surface area contributed by atoms with Gasteiger partial charge in [0.15, 0.2) is 0 Å². The predicted octanol–water partition coefficient (Wildman–Crippen LogP) is 6.28. The summed E-state index contributed by atoms with van der Waals surface area (Å²) in [4.78, 5) is 0. The third-order valence-corrected chi connectivity index (χ3v) is 6.61. The van der Waals surface area contributed by atoms with Crippen LogP contribution < -0.4 is 5.32 Å². The Kier molecular flexibility index (Phi) is 5.36. The summed E-state index contributed by atoms with van der Waals surface area (Å²) in [5.41, 5.74) is 1.51. The van der Waals surface area contributed by atoms with Crippen molar-refractivity contribution in [1.82, 2.24) is 5.32 Å². The molecular formula is C18H24BrNS. The van der Waals surface area contributed by atoms with Crippen LogP contribution in [0, 0.1) is 5.92 Å². The first-order valence-electron chi connectivity index (χ1n) is 8.18. The van der Waals surface area contributed by atoms with E-state index in [2.05, 4.69) is 51.7 Å². The van der Waals surface area contributed by atoms with Crippen molar-refractivity contribution < 1.29 is 0 Å². The minimum atomic E-state index is 0.524. The molecule has 1 nitrogen and oxygen atoms in total. The molecule has 0 radical (unpaired) electrons. The average molecular weight is 366 g/mol. The molecule has 1 fully saturated rings. The topological polar surface area (TPSA) is 12.0 Å². The number of rotatable bonds is 6. The van der Waals surface area contributed by atoms with E-state index >= 15 is 0 Å². The van der Waals surface area contributed by atoms with E-state index < -0.39 is 0 Å². The molecule has 1 unspecified atom stereocenters. The molecule has 0 spiro atoms. The molecule has 1 aliphatic rings. The lowest BCUT2D eigenvalue weighted by molar-refractivity contribution is 0.397. The van der Waals surface area contributed by atoms with Gasteiger partial charge in [-0.05, 0) is 63.6 Å². The van der Waals surface area contributed by atoms with Gasteiger partial charge < -0.3 is 5.32 Å². The number of thiophene rings is 1. The van der Waals surface area contributed by atoms with Gasteiger partial charge in [-0.1, -0.05) is 44.7 Å². The van der Waals surface area contributed by atoms with Crippen LogP contribution in [0.1, 0.15) is 57.1 Å². The molecule has 0 saturated heterocycles. The number of nitrogens with one attached hydrogen (secondary N) is 1. The van der Waals surface area contributed by atoms with E-state index in [9.17, 15) is 0 Å².